The number of hydrogen-bond acceptors (Lipinski definition) is 2. The van der Waals surface area contributed by atoms with E-state index in [0.29, 0.717) is 17.4 Å². The molecule has 1 atom stereocenters. The molecular weight excluding hydrogens is 320 g/mol. The Bertz CT molecular complexity index is 620. The molecule has 1 aromatic rings. The molecule has 5 aliphatic rings. The Labute approximate surface area is 157 Å². The average molecular weight is 353 g/mol. The maximum absolute atomic E-state index is 12.8. The molecule has 3 heteroatoms. The Morgan fingerprint density at radius 1 is 1.04 bits per heavy atom. The molecule has 1 saturated heterocycles. The summed E-state index contributed by atoms with van der Waals surface area (Å²) in [6.45, 7) is 1.92. The first-order valence-corrected chi connectivity index (χ1v) is 10.8. The lowest BCUT2D eigenvalue weighted by atomic mass is 9.49. The monoisotopic (exact) mass is 352 g/mol. The van der Waals surface area contributed by atoms with Crippen LogP contribution in [-0.2, 0) is 4.79 Å². The molecule has 0 radical (unpaired) electrons. The normalized spacial score (nSPS) is 37.9. The van der Waals surface area contributed by atoms with E-state index < -0.39 is 0 Å². The van der Waals surface area contributed by atoms with Gasteiger partial charge in [-0.1, -0.05) is 18.2 Å². The van der Waals surface area contributed by atoms with Gasteiger partial charge in [0.1, 0.15) is 0 Å². The van der Waals surface area contributed by atoms with E-state index in [-0.39, 0.29) is 0 Å². The van der Waals surface area contributed by atoms with Crippen LogP contribution in [0.1, 0.15) is 57.8 Å². The molecule has 1 amide bonds. The highest BCUT2D eigenvalue weighted by Gasteiger charge is 2.51. The summed E-state index contributed by atoms with van der Waals surface area (Å²) in [6.07, 6.45) is 11.5. The molecule has 140 valence electrons. The SMILES string of the molecule is O=C(CC12CC3CC(CC(C3)C1)C2)NCC1CCCN1c1ccccc1. The van der Waals surface area contributed by atoms with Gasteiger partial charge in [-0.2, -0.15) is 0 Å². The van der Waals surface area contributed by atoms with Crippen LogP contribution in [0.25, 0.3) is 0 Å². The number of carbonyl (C=O) groups is 1. The molecule has 4 saturated carbocycles. The first-order valence-electron chi connectivity index (χ1n) is 10.8. The number of para-hydroxylation sites is 1. The quantitative estimate of drug-likeness (QED) is 0.853. The predicted molar refractivity (Wildman–Crippen MR) is 105 cm³/mol. The van der Waals surface area contributed by atoms with Crippen LogP contribution in [0, 0.1) is 23.2 Å². The van der Waals surface area contributed by atoms with E-state index in [1.807, 2.05) is 0 Å². The third-order valence-electron chi connectivity index (χ3n) is 7.70. The summed E-state index contributed by atoms with van der Waals surface area (Å²) in [6, 6.07) is 11.1. The molecule has 1 unspecified atom stereocenters. The molecular formula is C23H32N2O. The summed E-state index contributed by atoms with van der Waals surface area (Å²) in [5, 5.41) is 3.32. The van der Waals surface area contributed by atoms with Gasteiger partial charge in [0, 0.05) is 31.2 Å². The minimum absolute atomic E-state index is 0.312. The number of amides is 1. The molecule has 26 heavy (non-hydrogen) atoms. The first kappa shape index (κ1) is 16.6. The lowest BCUT2D eigenvalue weighted by molar-refractivity contribution is -0.129. The van der Waals surface area contributed by atoms with Crippen molar-refractivity contribution in [2.75, 3.05) is 18.0 Å². The molecule has 3 nitrogen and oxygen atoms in total. The van der Waals surface area contributed by atoms with Crippen molar-refractivity contribution in [3.05, 3.63) is 30.3 Å². The van der Waals surface area contributed by atoms with E-state index in [1.165, 1.54) is 57.1 Å². The molecule has 0 aromatic heterocycles. The van der Waals surface area contributed by atoms with E-state index in [9.17, 15) is 4.79 Å². The molecule has 6 rings (SSSR count). The van der Waals surface area contributed by atoms with E-state index >= 15 is 0 Å². The Kier molecular flexibility index (Phi) is 4.21. The smallest absolute Gasteiger partial charge is 0.220 e. The van der Waals surface area contributed by atoms with Crippen molar-refractivity contribution in [2.24, 2.45) is 23.2 Å². The number of anilines is 1. The van der Waals surface area contributed by atoms with Crippen LogP contribution in [0.2, 0.25) is 0 Å². The van der Waals surface area contributed by atoms with Gasteiger partial charge in [-0.3, -0.25) is 4.79 Å². The molecule has 1 aromatic carbocycles. The summed E-state index contributed by atoms with van der Waals surface area (Å²) < 4.78 is 0. The Morgan fingerprint density at radius 3 is 2.35 bits per heavy atom. The zero-order valence-corrected chi connectivity index (χ0v) is 15.8. The lowest BCUT2D eigenvalue weighted by Crippen LogP contribution is -2.48. The third-order valence-corrected chi connectivity index (χ3v) is 7.70. The van der Waals surface area contributed by atoms with Gasteiger partial charge in [-0.05, 0) is 86.7 Å². The van der Waals surface area contributed by atoms with Crippen LogP contribution in [0.15, 0.2) is 30.3 Å². The van der Waals surface area contributed by atoms with Gasteiger partial charge >= 0.3 is 0 Å². The van der Waals surface area contributed by atoms with Crippen LogP contribution in [0.3, 0.4) is 0 Å². The van der Waals surface area contributed by atoms with Gasteiger partial charge in [-0.15, -0.1) is 0 Å². The van der Waals surface area contributed by atoms with Crippen LogP contribution >= 0.6 is 0 Å². The second kappa shape index (κ2) is 6.58. The number of rotatable bonds is 5. The maximum Gasteiger partial charge on any atom is 0.220 e. The van der Waals surface area contributed by atoms with Crippen LogP contribution in [0.4, 0.5) is 5.69 Å². The molecule has 4 bridgehead atoms. The van der Waals surface area contributed by atoms with Crippen LogP contribution < -0.4 is 10.2 Å². The fraction of sp³-hybridized carbons (Fsp3) is 0.696. The number of hydrogen-bond donors (Lipinski definition) is 1. The predicted octanol–water partition coefficient (Wildman–Crippen LogP) is 4.38. The van der Waals surface area contributed by atoms with Crippen LogP contribution in [0.5, 0.6) is 0 Å². The molecule has 4 aliphatic carbocycles. The van der Waals surface area contributed by atoms with Crippen molar-refractivity contribution in [3.63, 3.8) is 0 Å². The lowest BCUT2D eigenvalue weighted by Gasteiger charge is -2.56. The van der Waals surface area contributed by atoms with Gasteiger partial charge in [0.25, 0.3) is 0 Å². The summed E-state index contributed by atoms with van der Waals surface area (Å²) in [7, 11) is 0. The van der Waals surface area contributed by atoms with Gasteiger partial charge in [-0.25, -0.2) is 0 Å². The van der Waals surface area contributed by atoms with Gasteiger partial charge in [0.2, 0.25) is 5.91 Å². The van der Waals surface area contributed by atoms with E-state index in [4.69, 9.17) is 0 Å². The third kappa shape index (κ3) is 3.14. The summed E-state index contributed by atoms with van der Waals surface area (Å²) in [5.74, 6) is 3.10. The first-order chi connectivity index (χ1) is 12.7. The highest BCUT2D eigenvalue weighted by Crippen LogP contribution is 2.61. The standard InChI is InChI=1S/C23H32N2O/c26-22(15-23-12-17-9-18(13-23)11-19(10-17)14-23)24-16-21-7-4-8-25(21)20-5-2-1-3-6-20/h1-3,5-6,17-19,21H,4,7-16H2,(H,24,26). The fourth-order valence-corrected chi connectivity index (χ4v) is 7.15. The van der Waals surface area contributed by atoms with Crippen molar-refractivity contribution in [1.29, 1.82) is 0 Å². The number of carbonyl (C=O) groups excluding carboxylic acids is 1. The Morgan fingerprint density at radius 2 is 1.69 bits per heavy atom. The van der Waals surface area contributed by atoms with Crippen molar-refractivity contribution in [2.45, 2.75) is 63.8 Å². The Balaban J connectivity index is 1.18. The van der Waals surface area contributed by atoms with Gasteiger partial charge in [0.15, 0.2) is 0 Å². The van der Waals surface area contributed by atoms with Crippen molar-refractivity contribution in [1.82, 2.24) is 5.32 Å². The van der Waals surface area contributed by atoms with E-state index in [0.717, 1.165) is 37.3 Å². The zero-order valence-electron chi connectivity index (χ0n) is 15.8. The molecule has 1 N–H and O–H groups in total. The highest BCUT2D eigenvalue weighted by atomic mass is 16.1. The maximum atomic E-state index is 12.8. The number of nitrogens with one attached hydrogen (secondary N) is 1. The molecule has 1 aliphatic heterocycles. The van der Waals surface area contributed by atoms with Crippen molar-refractivity contribution >= 4 is 11.6 Å². The molecule has 0 spiro atoms. The zero-order chi connectivity index (χ0) is 17.6. The Hall–Kier alpha value is -1.51. The summed E-state index contributed by atoms with van der Waals surface area (Å²) >= 11 is 0. The van der Waals surface area contributed by atoms with Gasteiger partial charge < -0.3 is 10.2 Å². The second-order valence-electron chi connectivity index (χ2n) is 9.72. The average Bonchev–Trinajstić information content (AvgIpc) is 3.08. The summed E-state index contributed by atoms with van der Waals surface area (Å²) in [5.41, 5.74) is 1.65. The number of nitrogens with zero attached hydrogens (tertiary/aromatic N) is 1. The topological polar surface area (TPSA) is 32.3 Å². The van der Waals surface area contributed by atoms with Crippen molar-refractivity contribution in [3.8, 4) is 0 Å². The van der Waals surface area contributed by atoms with E-state index in [2.05, 4.69) is 40.5 Å². The second-order valence-corrected chi connectivity index (χ2v) is 9.72. The van der Waals surface area contributed by atoms with Crippen LogP contribution in [-0.4, -0.2) is 25.0 Å². The van der Waals surface area contributed by atoms with Gasteiger partial charge in [0.05, 0.1) is 0 Å². The largest absolute Gasteiger partial charge is 0.367 e. The minimum Gasteiger partial charge on any atom is -0.367 e. The highest BCUT2D eigenvalue weighted by molar-refractivity contribution is 5.77. The minimum atomic E-state index is 0.312. The molecule has 1 heterocycles. The van der Waals surface area contributed by atoms with Crippen molar-refractivity contribution < 1.29 is 4.79 Å². The molecule has 5 fully saturated rings. The van der Waals surface area contributed by atoms with E-state index in [1.54, 1.807) is 0 Å². The fourth-order valence-electron chi connectivity index (χ4n) is 7.15. The summed E-state index contributed by atoms with van der Waals surface area (Å²) in [4.78, 5) is 15.3. The number of benzene rings is 1.